The zero-order valence-electron chi connectivity index (χ0n) is 11.4. The van der Waals surface area contributed by atoms with Crippen molar-refractivity contribution in [3.05, 3.63) is 63.4 Å². The van der Waals surface area contributed by atoms with Crippen LogP contribution in [0.3, 0.4) is 0 Å². The van der Waals surface area contributed by atoms with Crippen LogP contribution in [0.2, 0.25) is 10.0 Å². The summed E-state index contributed by atoms with van der Waals surface area (Å²) in [5, 5.41) is 13.4. The molecule has 0 aliphatic heterocycles. The number of carbonyl (C=O) groups excluding carboxylic acids is 1. The van der Waals surface area contributed by atoms with Crippen molar-refractivity contribution in [2.24, 2.45) is 0 Å². The summed E-state index contributed by atoms with van der Waals surface area (Å²) >= 11 is 11.7. The van der Waals surface area contributed by atoms with Crippen molar-refractivity contribution in [1.82, 2.24) is 10.3 Å². The summed E-state index contributed by atoms with van der Waals surface area (Å²) in [7, 11) is 0. The Labute approximate surface area is 138 Å². The summed E-state index contributed by atoms with van der Waals surface area (Å²) in [4.78, 5) is 15.9. The minimum absolute atomic E-state index is 0.0232. The lowest BCUT2D eigenvalue weighted by Gasteiger charge is -2.13. The maximum atomic E-state index is 11.9. The summed E-state index contributed by atoms with van der Waals surface area (Å²) in [5.41, 5.74) is 1.37. The molecule has 2 rings (SSSR count). The third-order valence-corrected chi connectivity index (χ3v) is 3.69. The van der Waals surface area contributed by atoms with E-state index in [-0.39, 0.29) is 12.2 Å². The minimum Gasteiger partial charge on any atom is -0.387 e. The highest BCUT2D eigenvalue weighted by Gasteiger charge is 2.13. The molecule has 0 bridgehead atoms. The second kappa shape index (κ2) is 7.28. The predicted molar refractivity (Wildman–Crippen MR) is 85.9 cm³/mol. The standard InChI is InChI=1S/C16H12Cl2N2O2/c1-2-10-3-6-14(19-8-10)16(22)20-9-15(21)11-4-5-12(17)13(18)7-11/h1,3-8,15,21H,9H2,(H,20,22). The Balaban J connectivity index is 1.97. The number of amides is 1. The molecule has 0 saturated carbocycles. The number of pyridine rings is 1. The lowest BCUT2D eigenvalue weighted by Crippen LogP contribution is -2.29. The van der Waals surface area contributed by atoms with Gasteiger partial charge in [-0.05, 0) is 29.8 Å². The fourth-order valence-electron chi connectivity index (χ4n) is 1.73. The summed E-state index contributed by atoms with van der Waals surface area (Å²) in [6.45, 7) is 0.0232. The van der Waals surface area contributed by atoms with Crippen LogP contribution >= 0.6 is 23.2 Å². The third-order valence-electron chi connectivity index (χ3n) is 2.95. The zero-order chi connectivity index (χ0) is 16.1. The molecule has 1 atom stereocenters. The number of aliphatic hydroxyl groups is 1. The van der Waals surface area contributed by atoms with Crippen molar-refractivity contribution in [3.8, 4) is 12.3 Å². The largest absolute Gasteiger partial charge is 0.387 e. The van der Waals surface area contributed by atoms with Gasteiger partial charge in [0.15, 0.2) is 0 Å². The number of aliphatic hydroxyl groups excluding tert-OH is 1. The highest BCUT2D eigenvalue weighted by molar-refractivity contribution is 6.42. The van der Waals surface area contributed by atoms with Gasteiger partial charge in [-0.3, -0.25) is 4.79 Å². The fraction of sp³-hybridized carbons (Fsp3) is 0.125. The Hall–Kier alpha value is -2.06. The lowest BCUT2D eigenvalue weighted by molar-refractivity contribution is 0.0911. The van der Waals surface area contributed by atoms with Crippen LogP contribution in [0.15, 0.2) is 36.5 Å². The Bertz CT molecular complexity index is 724. The molecule has 0 radical (unpaired) electrons. The van der Waals surface area contributed by atoms with Gasteiger partial charge in [0.2, 0.25) is 0 Å². The minimum atomic E-state index is -0.899. The first-order valence-corrected chi connectivity index (χ1v) is 7.10. The van der Waals surface area contributed by atoms with Gasteiger partial charge in [0.1, 0.15) is 5.69 Å². The molecule has 112 valence electrons. The van der Waals surface area contributed by atoms with Crippen LogP contribution in [0.25, 0.3) is 0 Å². The van der Waals surface area contributed by atoms with E-state index in [1.807, 2.05) is 0 Å². The van der Waals surface area contributed by atoms with E-state index < -0.39 is 12.0 Å². The molecular weight excluding hydrogens is 323 g/mol. The number of terminal acetylenes is 1. The van der Waals surface area contributed by atoms with E-state index in [4.69, 9.17) is 29.6 Å². The van der Waals surface area contributed by atoms with E-state index in [1.54, 1.807) is 24.3 Å². The van der Waals surface area contributed by atoms with Crippen molar-refractivity contribution in [2.75, 3.05) is 6.54 Å². The molecule has 0 aliphatic carbocycles. The Morgan fingerprint density at radius 3 is 2.68 bits per heavy atom. The summed E-state index contributed by atoms with van der Waals surface area (Å²) < 4.78 is 0. The van der Waals surface area contributed by atoms with E-state index in [2.05, 4.69) is 16.2 Å². The predicted octanol–water partition coefficient (Wildman–Crippen LogP) is 2.83. The first-order valence-electron chi connectivity index (χ1n) is 6.35. The fourth-order valence-corrected chi connectivity index (χ4v) is 2.04. The van der Waals surface area contributed by atoms with E-state index >= 15 is 0 Å². The highest BCUT2D eigenvalue weighted by Crippen LogP contribution is 2.25. The Morgan fingerprint density at radius 2 is 2.09 bits per heavy atom. The molecule has 1 amide bonds. The number of nitrogens with zero attached hydrogens (tertiary/aromatic N) is 1. The molecule has 1 aromatic heterocycles. The van der Waals surface area contributed by atoms with Crippen LogP contribution in [0.5, 0.6) is 0 Å². The van der Waals surface area contributed by atoms with Gasteiger partial charge in [-0.25, -0.2) is 4.98 Å². The van der Waals surface area contributed by atoms with Gasteiger partial charge in [0.25, 0.3) is 5.91 Å². The smallest absolute Gasteiger partial charge is 0.269 e. The van der Waals surface area contributed by atoms with Crippen molar-refractivity contribution in [1.29, 1.82) is 0 Å². The van der Waals surface area contributed by atoms with E-state index in [1.165, 1.54) is 12.3 Å². The molecule has 4 nitrogen and oxygen atoms in total. The van der Waals surface area contributed by atoms with Crippen LogP contribution in [0, 0.1) is 12.3 Å². The Kier molecular flexibility index (Phi) is 5.40. The van der Waals surface area contributed by atoms with E-state index in [9.17, 15) is 9.90 Å². The zero-order valence-corrected chi connectivity index (χ0v) is 12.9. The molecule has 0 saturated heterocycles. The summed E-state index contributed by atoms with van der Waals surface area (Å²) in [6.07, 6.45) is 5.75. The van der Waals surface area contributed by atoms with Gasteiger partial charge in [-0.2, -0.15) is 0 Å². The topological polar surface area (TPSA) is 62.2 Å². The molecule has 1 aromatic carbocycles. The average molecular weight is 335 g/mol. The summed E-state index contributed by atoms with van der Waals surface area (Å²) in [6, 6.07) is 7.93. The first kappa shape index (κ1) is 16.3. The van der Waals surface area contributed by atoms with Crippen LogP contribution in [-0.4, -0.2) is 22.5 Å². The Morgan fingerprint density at radius 1 is 1.32 bits per heavy atom. The SMILES string of the molecule is C#Cc1ccc(C(=O)NCC(O)c2ccc(Cl)c(Cl)c2)nc1. The highest BCUT2D eigenvalue weighted by atomic mass is 35.5. The number of carbonyl (C=O) groups is 1. The maximum absolute atomic E-state index is 11.9. The third kappa shape index (κ3) is 3.99. The number of hydrogen-bond donors (Lipinski definition) is 2. The van der Waals surface area contributed by atoms with Gasteiger partial charge < -0.3 is 10.4 Å². The van der Waals surface area contributed by atoms with Crippen molar-refractivity contribution >= 4 is 29.1 Å². The molecule has 1 unspecified atom stereocenters. The summed E-state index contributed by atoms with van der Waals surface area (Å²) in [5.74, 6) is 2.02. The molecule has 2 N–H and O–H groups in total. The van der Waals surface area contributed by atoms with Crippen molar-refractivity contribution in [3.63, 3.8) is 0 Å². The number of hydrogen-bond acceptors (Lipinski definition) is 3. The molecule has 6 heteroatoms. The van der Waals surface area contributed by atoms with Gasteiger partial charge >= 0.3 is 0 Å². The molecule has 22 heavy (non-hydrogen) atoms. The van der Waals surface area contributed by atoms with Crippen LogP contribution in [-0.2, 0) is 0 Å². The number of aromatic nitrogens is 1. The van der Waals surface area contributed by atoms with E-state index in [0.717, 1.165) is 0 Å². The van der Waals surface area contributed by atoms with E-state index in [0.29, 0.717) is 21.2 Å². The quantitative estimate of drug-likeness (QED) is 0.845. The number of benzene rings is 1. The second-order valence-corrected chi connectivity index (χ2v) is 5.29. The first-order chi connectivity index (χ1) is 10.5. The number of rotatable bonds is 4. The lowest BCUT2D eigenvalue weighted by atomic mass is 10.1. The van der Waals surface area contributed by atoms with Crippen LogP contribution in [0.1, 0.15) is 27.7 Å². The average Bonchev–Trinajstić information content (AvgIpc) is 2.54. The van der Waals surface area contributed by atoms with Crippen molar-refractivity contribution in [2.45, 2.75) is 6.10 Å². The molecule has 0 spiro atoms. The molecule has 0 fully saturated rings. The van der Waals surface area contributed by atoms with Gasteiger partial charge in [-0.1, -0.05) is 35.2 Å². The molecule has 0 aliphatic rings. The van der Waals surface area contributed by atoms with Gasteiger partial charge in [-0.15, -0.1) is 6.42 Å². The number of halogens is 2. The molecule has 2 aromatic rings. The van der Waals surface area contributed by atoms with Crippen LogP contribution < -0.4 is 5.32 Å². The monoisotopic (exact) mass is 334 g/mol. The maximum Gasteiger partial charge on any atom is 0.269 e. The van der Waals surface area contributed by atoms with Crippen molar-refractivity contribution < 1.29 is 9.90 Å². The van der Waals surface area contributed by atoms with Gasteiger partial charge in [0.05, 0.1) is 16.1 Å². The normalized spacial score (nSPS) is 11.5. The molecular formula is C16H12Cl2N2O2. The number of nitrogens with one attached hydrogen (secondary N) is 1. The van der Waals surface area contributed by atoms with Crippen LogP contribution in [0.4, 0.5) is 0 Å². The molecule has 1 heterocycles. The second-order valence-electron chi connectivity index (χ2n) is 4.48. The van der Waals surface area contributed by atoms with Gasteiger partial charge in [0, 0.05) is 18.3 Å².